The minimum atomic E-state index is -3.75. The van der Waals surface area contributed by atoms with E-state index in [4.69, 9.17) is 11.6 Å². The van der Waals surface area contributed by atoms with E-state index < -0.39 is 21.9 Å². The van der Waals surface area contributed by atoms with Crippen molar-refractivity contribution in [1.82, 2.24) is 14.9 Å². The Morgan fingerprint density at radius 3 is 2.51 bits per heavy atom. The predicted octanol–water partition coefficient (Wildman–Crippen LogP) is 5.01. The van der Waals surface area contributed by atoms with E-state index in [9.17, 15) is 13.2 Å². The van der Waals surface area contributed by atoms with Crippen LogP contribution in [0.15, 0.2) is 77.7 Å². The van der Waals surface area contributed by atoms with Crippen LogP contribution in [0.25, 0.3) is 0 Å². The summed E-state index contributed by atoms with van der Waals surface area (Å²) in [5.41, 5.74) is 1.64. The molecule has 0 unspecified atom stereocenters. The normalized spacial score (nSPS) is 18.8. The highest BCUT2D eigenvalue weighted by Gasteiger charge is 2.37. The summed E-state index contributed by atoms with van der Waals surface area (Å²) in [5.74, 6) is -0.730. The molecular weight excluding hydrogens is 563 g/mol. The Labute approximate surface area is 247 Å². The van der Waals surface area contributed by atoms with Crippen molar-refractivity contribution in [2.45, 2.75) is 69.1 Å². The molecule has 0 spiro atoms. The lowest BCUT2D eigenvalue weighted by Crippen LogP contribution is -2.58. The molecule has 1 fully saturated rings. The van der Waals surface area contributed by atoms with Gasteiger partial charge in [0.1, 0.15) is 5.82 Å². The van der Waals surface area contributed by atoms with E-state index >= 15 is 4.39 Å². The summed E-state index contributed by atoms with van der Waals surface area (Å²) in [6.07, 6.45) is 1.04. The smallest absolute Gasteiger partial charge is 0.243 e. The maximum atomic E-state index is 15.2. The van der Waals surface area contributed by atoms with E-state index in [1.807, 2.05) is 39.0 Å². The lowest BCUT2D eigenvalue weighted by molar-refractivity contribution is -0.118. The number of nitrogens with one attached hydrogen (secondary N) is 3. The third-order valence-corrected chi connectivity index (χ3v) is 9.53. The van der Waals surface area contributed by atoms with Gasteiger partial charge < -0.3 is 16.0 Å². The minimum Gasteiger partial charge on any atom is -0.324 e. The zero-order chi connectivity index (χ0) is 29.6. The summed E-state index contributed by atoms with van der Waals surface area (Å²) >= 11 is 6.15. The molecule has 3 N–H and O–H groups in total. The molecule has 0 bridgehead atoms. The Bertz CT molecular complexity index is 1440. The standard InChI is InChI=1S/C31H38ClFN4O3S/c1-21(2)35-30(18-23-9-7-10-24(32)17-23)31(38)36-29-14-8-13-28(33)27(29)16-15-25-20-34-19-22(3)37(25)41(39,40)26-11-5-4-6-12-26/h4-14,17,21-22,25,30,34-35H,15-16,18-20H2,1-3H3,(H,36,38)/t22-,25+,30+/m1/s1. The number of carbonyl (C=O) groups excluding carboxylic acids is 1. The highest BCUT2D eigenvalue weighted by Crippen LogP contribution is 2.28. The zero-order valence-corrected chi connectivity index (χ0v) is 25.2. The molecule has 1 aliphatic heterocycles. The van der Waals surface area contributed by atoms with Crippen molar-refractivity contribution in [3.63, 3.8) is 0 Å². The first-order valence-corrected chi connectivity index (χ1v) is 15.8. The molecule has 4 rings (SSSR count). The molecule has 0 aliphatic carbocycles. The Balaban J connectivity index is 1.53. The van der Waals surface area contributed by atoms with Gasteiger partial charge in [-0.2, -0.15) is 4.31 Å². The number of halogens is 2. The molecule has 220 valence electrons. The molecule has 1 amide bonds. The maximum Gasteiger partial charge on any atom is 0.243 e. The van der Waals surface area contributed by atoms with E-state index in [1.54, 1.807) is 52.8 Å². The van der Waals surface area contributed by atoms with Crippen LogP contribution in [0.4, 0.5) is 10.1 Å². The summed E-state index contributed by atoms with van der Waals surface area (Å²) in [6, 6.07) is 19.2. The second-order valence-corrected chi connectivity index (χ2v) is 13.1. The Kier molecular flexibility index (Phi) is 10.5. The lowest BCUT2D eigenvalue weighted by atomic mass is 10.00. The average molecular weight is 601 g/mol. The largest absolute Gasteiger partial charge is 0.324 e. The first-order chi connectivity index (χ1) is 19.6. The molecule has 3 atom stereocenters. The maximum absolute atomic E-state index is 15.2. The SMILES string of the molecule is CC(C)N[C@@H](Cc1cccc(Cl)c1)C(=O)Nc1cccc(F)c1CC[C@H]1CNC[C@@H](C)N1S(=O)(=O)c1ccccc1. The lowest BCUT2D eigenvalue weighted by Gasteiger charge is -2.40. The van der Waals surface area contributed by atoms with Gasteiger partial charge in [0, 0.05) is 47.5 Å². The summed E-state index contributed by atoms with van der Waals surface area (Å²) in [5, 5.41) is 10.1. The van der Waals surface area contributed by atoms with Crippen LogP contribution in [0, 0.1) is 5.82 Å². The van der Waals surface area contributed by atoms with Crippen LogP contribution in [0.1, 0.15) is 38.3 Å². The predicted molar refractivity (Wildman–Crippen MR) is 162 cm³/mol. The molecule has 0 aromatic heterocycles. The van der Waals surface area contributed by atoms with Crippen LogP contribution in [-0.4, -0.2) is 55.9 Å². The first-order valence-electron chi connectivity index (χ1n) is 13.9. The highest BCUT2D eigenvalue weighted by atomic mass is 35.5. The Morgan fingerprint density at radius 1 is 1.07 bits per heavy atom. The van der Waals surface area contributed by atoms with Gasteiger partial charge in [-0.15, -0.1) is 0 Å². The van der Waals surface area contributed by atoms with Gasteiger partial charge in [0.25, 0.3) is 0 Å². The number of nitrogens with zero attached hydrogens (tertiary/aromatic N) is 1. The monoisotopic (exact) mass is 600 g/mol. The second kappa shape index (κ2) is 13.9. The number of anilines is 1. The van der Waals surface area contributed by atoms with Crippen LogP contribution >= 0.6 is 11.6 Å². The van der Waals surface area contributed by atoms with E-state index in [2.05, 4.69) is 16.0 Å². The summed E-state index contributed by atoms with van der Waals surface area (Å²) < 4.78 is 43.9. The first kappa shape index (κ1) is 31.1. The molecule has 1 heterocycles. The van der Waals surface area contributed by atoms with E-state index in [-0.39, 0.29) is 35.3 Å². The molecule has 1 saturated heterocycles. The van der Waals surface area contributed by atoms with Crippen molar-refractivity contribution >= 4 is 33.2 Å². The summed E-state index contributed by atoms with van der Waals surface area (Å²) in [4.78, 5) is 13.7. The van der Waals surface area contributed by atoms with Gasteiger partial charge in [0.2, 0.25) is 15.9 Å². The second-order valence-electron chi connectivity index (χ2n) is 10.8. The van der Waals surface area contributed by atoms with E-state index in [0.717, 1.165) is 5.56 Å². The quantitative estimate of drug-likeness (QED) is 0.288. The molecule has 3 aromatic carbocycles. The van der Waals surface area contributed by atoms with Crippen LogP contribution in [0.2, 0.25) is 5.02 Å². The Hall–Kier alpha value is -2.82. The molecule has 10 heteroatoms. The number of carbonyl (C=O) groups is 1. The van der Waals surface area contributed by atoms with Crippen LogP contribution < -0.4 is 16.0 Å². The third kappa shape index (κ3) is 7.93. The van der Waals surface area contributed by atoms with Crippen LogP contribution in [0.5, 0.6) is 0 Å². The average Bonchev–Trinajstić information content (AvgIpc) is 2.92. The number of hydrogen-bond acceptors (Lipinski definition) is 5. The number of rotatable bonds is 11. The highest BCUT2D eigenvalue weighted by molar-refractivity contribution is 7.89. The van der Waals surface area contributed by atoms with Gasteiger partial charge in [-0.05, 0) is 68.1 Å². The van der Waals surface area contributed by atoms with Gasteiger partial charge in [-0.25, -0.2) is 12.8 Å². The number of piperazine rings is 1. The third-order valence-electron chi connectivity index (χ3n) is 7.22. The number of sulfonamides is 1. The molecular formula is C31H38ClFN4O3S. The summed E-state index contributed by atoms with van der Waals surface area (Å²) in [6.45, 7) is 6.77. The minimum absolute atomic E-state index is 0.0373. The molecule has 1 aliphatic rings. The van der Waals surface area contributed by atoms with Crippen molar-refractivity contribution < 1.29 is 17.6 Å². The van der Waals surface area contributed by atoms with Crippen molar-refractivity contribution in [2.75, 3.05) is 18.4 Å². The number of amides is 1. The van der Waals surface area contributed by atoms with Crippen molar-refractivity contribution in [3.8, 4) is 0 Å². The van der Waals surface area contributed by atoms with Gasteiger partial charge in [0.05, 0.1) is 10.9 Å². The van der Waals surface area contributed by atoms with Crippen molar-refractivity contribution in [3.05, 3.63) is 94.8 Å². The fourth-order valence-corrected chi connectivity index (χ4v) is 7.44. The topological polar surface area (TPSA) is 90.5 Å². The zero-order valence-electron chi connectivity index (χ0n) is 23.6. The fraction of sp³-hybridized carbons (Fsp3) is 0.387. The van der Waals surface area contributed by atoms with Crippen molar-refractivity contribution in [1.29, 1.82) is 0 Å². The Morgan fingerprint density at radius 2 is 1.80 bits per heavy atom. The summed E-state index contributed by atoms with van der Waals surface area (Å²) in [7, 11) is -3.75. The molecule has 0 saturated carbocycles. The molecule has 3 aromatic rings. The number of benzene rings is 3. The van der Waals surface area contributed by atoms with Crippen molar-refractivity contribution in [2.24, 2.45) is 0 Å². The van der Waals surface area contributed by atoms with Gasteiger partial charge in [0.15, 0.2) is 0 Å². The van der Waals surface area contributed by atoms with Gasteiger partial charge in [-0.3, -0.25) is 4.79 Å². The molecule has 41 heavy (non-hydrogen) atoms. The van der Waals surface area contributed by atoms with Crippen LogP contribution in [-0.2, 0) is 27.7 Å². The van der Waals surface area contributed by atoms with Gasteiger partial charge >= 0.3 is 0 Å². The van der Waals surface area contributed by atoms with Gasteiger partial charge in [-0.1, -0.05) is 61.8 Å². The number of hydrogen-bond donors (Lipinski definition) is 3. The van der Waals surface area contributed by atoms with E-state index in [1.165, 1.54) is 6.07 Å². The van der Waals surface area contributed by atoms with Crippen LogP contribution in [0.3, 0.4) is 0 Å². The fourth-order valence-electron chi connectivity index (χ4n) is 5.37. The molecule has 7 nitrogen and oxygen atoms in total. The van der Waals surface area contributed by atoms with E-state index in [0.29, 0.717) is 42.2 Å². The molecule has 0 radical (unpaired) electrons.